The number of benzene rings is 2. The number of rotatable bonds is 4. The Morgan fingerprint density at radius 1 is 0.935 bits per heavy atom. The fourth-order valence-electron chi connectivity index (χ4n) is 4.57. The van der Waals surface area contributed by atoms with Crippen molar-refractivity contribution < 1.29 is 4.79 Å². The molecule has 3 aromatic rings. The van der Waals surface area contributed by atoms with Crippen molar-refractivity contribution in [1.82, 2.24) is 9.88 Å². The molecule has 1 fully saturated rings. The average molecular weight is 409 g/mol. The van der Waals surface area contributed by atoms with E-state index in [1.807, 2.05) is 36.4 Å². The number of nitrogens with zero attached hydrogens (tertiary/aromatic N) is 2. The van der Waals surface area contributed by atoms with Crippen LogP contribution in [0.25, 0.3) is 28.5 Å². The maximum absolute atomic E-state index is 12.5. The lowest BCUT2D eigenvalue weighted by atomic mass is 9.92. The molecule has 1 saturated heterocycles. The van der Waals surface area contributed by atoms with Gasteiger partial charge in [0.2, 0.25) is 0 Å². The topological polar surface area (TPSA) is 33.2 Å². The Hall–Kier alpha value is -3.04. The second kappa shape index (κ2) is 8.60. The van der Waals surface area contributed by atoms with E-state index in [-0.39, 0.29) is 5.78 Å². The Labute approximate surface area is 184 Å². The first kappa shape index (κ1) is 19.9. The number of hydrogen-bond acceptors (Lipinski definition) is 3. The fraction of sp³-hybridized carbons (Fsp3) is 0.286. The predicted octanol–water partition coefficient (Wildman–Crippen LogP) is 6.25. The lowest BCUT2D eigenvalue weighted by molar-refractivity contribution is 0.0994. The van der Waals surface area contributed by atoms with Crippen molar-refractivity contribution in [2.45, 2.75) is 32.7 Å². The molecular weight excluding hydrogens is 380 g/mol. The van der Waals surface area contributed by atoms with Crippen LogP contribution in [0.2, 0.25) is 0 Å². The number of fused-ring (bicyclic) bond motifs is 1. The number of aromatic nitrogens is 1. The van der Waals surface area contributed by atoms with Gasteiger partial charge in [0.1, 0.15) is 0 Å². The number of Topliss-reactive ketones (excluding diaryl/α,β-unsaturated/α-hetero) is 1. The first-order valence-corrected chi connectivity index (χ1v) is 11.3. The maximum Gasteiger partial charge on any atom is 0.168 e. The molecule has 1 aliphatic heterocycles. The summed E-state index contributed by atoms with van der Waals surface area (Å²) in [6, 6.07) is 21.1. The highest BCUT2D eigenvalue weighted by Crippen LogP contribution is 2.34. The van der Waals surface area contributed by atoms with E-state index in [1.54, 1.807) is 0 Å². The van der Waals surface area contributed by atoms with Crippen LogP contribution in [0, 0.1) is 5.92 Å². The molecular formula is C28H28N2O. The second-order valence-electron chi connectivity index (χ2n) is 8.87. The standard InChI is InChI=1S/C28H28N2O/c1-20-14-16-30(17-15-20)19-21-10-12-23(13-11-21)28-24(22-6-3-2-4-7-22)18-25-26(29-28)8-5-9-27(25)31/h2-8,10-13,18,20H,9,14-17,19H2,1H3. The summed E-state index contributed by atoms with van der Waals surface area (Å²) >= 11 is 0. The van der Waals surface area contributed by atoms with Crippen LogP contribution in [-0.4, -0.2) is 28.8 Å². The van der Waals surface area contributed by atoms with Crippen molar-refractivity contribution in [2.75, 3.05) is 13.1 Å². The molecule has 5 rings (SSSR count). The van der Waals surface area contributed by atoms with Crippen LogP contribution in [0.1, 0.15) is 47.8 Å². The minimum absolute atomic E-state index is 0.139. The van der Waals surface area contributed by atoms with E-state index in [4.69, 9.17) is 4.98 Å². The van der Waals surface area contributed by atoms with Crippen LogP contribution in [-0.2, 0) is 6.54 Å². The molecule has 3 nitrogen and oxygen atoms in total. The summed E-state index contributed by atoms with van der Waals surface area (Å²) < 4.78 is 0. The van der Waals surface area contributed by atoms with Gasteiger partial charge in [-0.25, -0.2) is 4.98 Å². The van der Waals surface area contributed by atoms with Crippen LogP contribution in [0.5, 0.6) is 0 Å². The molecule has 0 saturated carbocycles. The van der Waals surface area contributed by atoms with Crippen LogP contribution >= 0.6 is 0 Å². The molecule has 1 aliphatic carbocycles. The van der Waals surface area contributed by atoms with Crippen molar-refractivity contribution >= 4 is 11.9 Å². The summed E-state index contributed by atoms with van der Waals surface area (Å²) in [5.74, 6) is 0.992. The van der Waals surface area contributed by atoms with Crippen molar-refractivity contribution in [3.8, 4) is 22.4 Å². The summed E-state index contributed by atoms with van der Waals surface area (Å²) in [5.41, 5.74) is 6.96. The largest absolute Gasteiger partial charge is 0.299 e. The van der Waals surface area contributed by atoms with E-state index in [9.17, 15) is 4.79 Å². The Morgan fingerprint density at radius 2 is 1.68 bits per heavy atom. The van der Waals surface area contributed by atoms with Crippen LogP contribution in [0.3, 0.4) is 0 Å². The number of likely N-dealkylation sites (tertiary alicyclic amines) is 1. The van der Waals surface area contributed by atoms with Gasteiger partial charge >= 0.3 is 0 Å². The van der Waals surface area contributed by atoms with Gasteiger partial charge in [-0.2, -0.15) is 0 Å². The highest BCUT2D eigenvalue weighted by atomic mass is 16.1. The molecule has 1 aromatic heterocycles. The van der Waals surface area contributed by atoms with Crippen molar-refractivity contribution in [2.24, 2.45) is 5.92 Å². The molecule has 3 heteroatoms. The summed E-state index contributed by atoms with van der Waals surface area (Å²) in [6.07, 6.45) is 6.92. The SMILES string of the molecule is CC1CCN(Cc2ccc(-c3nc4c(cc3-c3ccccc3)C(=O)CC=C4)cc2)CC1. The van der Waals surface area contributed by atoms with Crippen molar-refractivity contribution in [1.29, 1.82) is 0 Å². The second-order valence-corrected chi connectivity index (χ2v) is 8.87. The third-order valence-electron chi connectivity index (χ3n) is 6.53. The summed E-state index contributed by atoms with van der Waals surface area (Å²) in [5, 5.41) is 0. The van der Waals surface area contributed by atoms with Gasteiger partial charge in [-0.05, 0) is 55.1 Å². The first-order valence-electron chi connectivity index (χ1n) is 11.3. The highest BCUT2D eigenvalue weighted by Gasteiger charge is 2.20. The number of pyridine rings is 1. The molecule has 0 N–H and O–H groups in total. The summed E-state index contributed by atoms with van der Waals surface area (Å²) in [7, 11) is 0. The van der Waals surface area contributed by atoms with E-state index < -0.39 is 0 Å². The molecule has 0 amide bonds. The Bertz CT molecular complexity index is 1110. The monoisotopic (exact) mass is 408 g/mol. The zero-order valence-corrected chi connectivity index (χ0v) is 18.1. The van der Waals surface area contributed by atoms with E-state index >= 15 is 0 Å². The molecule has 0 bridgehead atoms. The van der Waals surface area contributed by atoms with Crippen molar-refractivity contribution in [3.63, 3.8) is 0 Å². The van der Waals surface area contributed by atoms with Crippen LogP contribution in [0.4, 0.5) is 0 Å². The lowest BCUT2D eigenvalue weighted by Gasteiger charge is -2.30. The van der Waals surface area contributed by atoms with Gasteiger partial charge in [0.15, 0.2) is 5.78 Å². The number of ketones is 1. The number of carbonyl (C=O) groups excluding carboxylic acids is 1. The Balaban J connectivity index is 1.49. The zero-order chi connectivity index (χ0) is 21.2. The number of allylic oxidation sites excluding steroid dienone is 1. The summed E-state index contributed by atoms with van der Waals surface area (Å²) in [4.78, 5) is 20.0. The van der Waals surface area contributed by atoms with E-state index in [2.05, 4.69) is 48.2 Å². The Morgan fingerprint density at radius 3 is 2.42 bits per heavy atom. The van der Waals surface area contributed by atoms with Gasteiger partial charge in [-0.1, -0.05) is 67.6 Å². The quantitative estimate of drug-likeness (QED) is 0.512. The Kier molecular flexibility index (Phi) is 5.52. The predicted molar refractivity (Wildman–Crippen MR) is 127 cm³/mol. The normalized spacial score (nSPS) is 17.0. The lowest BCUT2D eigenvalue weighted by Crippen LogP contribution is -2.32. The maximum atomic E-state index is 12.5. The van der Waals surface area contributed by atoms with Gasteiger partial charge in [-0.15, -0.1) is 0 Å². The third kappa shape index (κ3) is 4.24. The molecule has 156 valence electrons. The van der Waals surface area contributed by atoms with Crippen LogP contribution < -0.4 is 0 Å². The number of carbonyl (C=O) groups is 1. The zero-order valence-electron chi connectivity index (χ0n) is 18.1. The van der Waals surface area contributed by atoms with Gasteiger partial charge in [0.05, 0.1) is 11.4 Å². The molecule has 31 heavy (non-hydrogen) atoms. The average Bonchev–Trinajstić information content (AvgIpc) is 2.81. The van der Waals surface area contributed by atoms with E-state index in [1.165, 1.54) is 31.5 Å². The summed E-state index contributed by atoms with van der Waals surface area (Å²) in [6.45, 7) is 5.74. The van der Waals surface area contributed by atoms with E-state index in [0.29, 0.717) is 6.42 Å². The molecule has 0 unspecified atom stereocenters. The minimum atomic E-state index is 0.139. The molecule has 2 heterocycles. The molecule has 0 radical (unpaired) electrons. The molecule has 0 spiro atoms. The van der Waals surface area contributed by atoms with Gasteiger partial charge in [0.25, 0.3) is 0 Å². The molecule has 0 atom stereocenters. The molecule has 2 aliphatic rings. The van der Waals surface area contributed by atoms with Gasteiger partial charge < -0.3 is 0 Å². The molecule has 2 aromatic carbocycles. The first-order chi connectivity index (χ1) is 15.2. The third-order valence-corrected chi connectivity index (χ3v) is 6.53. The van der Waals surface area contributed by atoms with Crippen LogP contribution in [0.15, 0.2) is 66.7 Å². The van der Waals surface area contributed by atoms with Gasteiger partial charge in [0, 0.05) is 29.7 Å². The van der Waals surface area contributed by atoms with Gasteiger partial charge in [-0.3, -0.25) is 9.69 Å². The van der Waals surface area contributed by atoms with E-state index in [0.717, 1.165) is 46.1 Å². The number of hydrogen-bond donors (Lipinski definition) is 0. The number of piperidine rings is 1. The van der Waals surface area contributed by atoms with Crippen molar-refractivity contribution in [3.05, 3.63) is 83.6 Å². The minimum Gasteiger partial charge on any atom is -0.299 e. The smallest absolute Gasteiger partial charge is 0.168 e. The highest BCUT2D eigenvalue weighted by molar-refractivity contribution is 6.04. The fourth-order valence-corrected chi connectivity index (χ4v) is 4.57.